The number of amides is 2. The molecule has 0 aliphatic carbocycles. The van der Waals surface area contributed by atoms with Crippen LogP contribution in [0.3, 0.4) is 0 Å². The predicted molar refractivity (Wildman–Crippen MR) is 99.0 cm³/mol. The number of anilines is 1. The third-order valence-electron chi connectivity index (χ3n) is 4.96. The van der Waals surface area contributed by atoms with Gasteiger partial charge in [-0.15, -0.1) is 11.8 Å². The summed E-state index contributed by atoms with van der Waals surface area (Å²) >= 11 is 1.52. The maximum atomic E-state index is 12.8. The van der Waals surface area contributed by atoms with Crippen molar-refractivity contribution < 1.29 is 14.7 Å². The number of nitrogens with zero attached hydrogens (tertiary/aromatic N) is 2. The number of carbonyl (C=O) groups is 2. The fraction of sp³-hybridized carbons (Fsp3) is 0.556. The van der Waals surface area contributed by atoms with Gasteiger partial charge in [-0.05, 0) is 31.5 Å². The third kappa shape index (κ3) is 3.83. The van der Waals surface area contributed by atoms with Gasteiger partial charge in [-0.25, -0.2) is 0 Å². The molecule has 2 heterocycles. The molecule has 7 heteroatoms. The summed E-state index contributed by atoms with van der Waals surface area (Å²) in [7, 11) is 0. The summed E-state index contributed by atoms with van der Waals surface area (Å²) < 4.78 is 0. The van der Waals surface area contributed by atoms with Crippen LogP contribution in [-0.2, 0) is 4.79 Å². The van der Waals surface area contributed by atoms with Crippen molar-refractivity contribution in [3.05, 3.63) is 23.8 Å². The van der Waals surface area contributed by atoms with Gasteiger partial charge in [0.1, 0.15) is 0 Å². The largest absolute Gasteiger partial charge is 0.395 e. The third-order valence-corrected chi connectivity index (χ3v) is 6.13. The number of fused-ring (bicyclic) bond motifs is 1. The Morgan fingerprint density at radius 1 is 1.36 bits per heavy atom. The van der Waals surface area contributed by atoms with Gasteiger partial charge in [-0.2, -0.15) is 0 Å². The number of piperazine rings is 1. The van der Waals surface area contributed by atoms with Gasteiger partial charge in [-0.1, -0.05) is 6.92 Å². The van der Waals surface area contributed by atoms with Crippen molar-refractivity contribution >= 4 is 29.3 Å². The molecule has 136 valence electrons. The first kappa shape index (κ1) is 18.2. The SMILES string of the molecule is CC[C@H](CO)N1CCN(C(=O)c2ccc3c(c2)NC(=O)[C@@H](C)S3)CC1. The molecule has 2 amide bonds. The van der Waals surface area contributed by atoms with Crippen LogP contribution in [0.4, 0.5) is 5.69 Å². The Kier molecular flexibility index (Phi) is 5.66. The summed E-state index contributed by atoms with van der Waals surface area (Å²) in [6.07, 6.45) is 0.908. The lowest BCUT2D eigenvalue weighted by Crippen LogP contribution is -2.52. The minimum Gasteiger partial charge on any atom is -0.395 e. The molecule has 3 rings (SSSR count). The first-order valence-electron chi connectivity index (χ1n) is 8.79. The Morgan fingerprint density at radius 3 is 2.72 bits per heavy atom. The molecule has 2 aliphatic rings. The van der Waals surface area contributed by atoms with Gasteiger partial charge < -0.3 is 15.3 Å². The lowest BCUT2D eigenvalue weighted by Gasteiger charge is -2.38. The van der Waals surface area contributed by atoms with E-state index in [1.165, 1.54) is 11.8 Å². The van der Waals surface area contributed by atoms with E-state index >= 15 is 0 Å². The van der Waals surface area contributed by atoms with Crippen molar-refractivity contribution in [3.63, 3.8) is 0 Å². The smallest absolute Gasteiger partial charge is 0.254 e. The van der Waals surface area contributed by atoms with Gasteiger partial charge >= 0.3 is 0 Å². The molecule has 1 aromatic carbocycles. The highest BCUT2D eigenvalue weighted by molar-refractivity contribution is 8.00. The summed E-state index contributed by atoms with van der Waals surface area (Å²) in [6.45, 7) is 6.97. The van der Waals surface area contributed by atoms with Crippen LogP contribution in [-0.4, -0.2) is 70.8 Å². The number of hydrogen-bond acceptors (Lipinski definition) is 5. The second-order valence-electron chi connectivity index (χ2n) is 6.53. The molecule has 0 bridgehead atoms. The maximum Gasteiger partial charge on any atom is 0.254 e. The zero-order chi connectivity index (χ0) is 18.0. The number of benzene rings is 1. The lowest BCUT2D eigenvalue weighted by molar-refractivity contribution is -0.115. The van der Waals surface area contributed by atoms with Crippen molar-refractivity contribution in [3.8, 4) is 0 Å². The van der Waals surface area contributed by atoms with Gasteiger partial charge in [0.15, 0.2) is 0 Å². The molecule has 6 nitrogen and oxygen atoms in total. The molecular weight excluding hydrogens is 338 g/mol. The number of rotatable bonds is 4. The van der Waals surface area contributed by atoms with Crippen LogP contribution in [0.15, 0.2) is 23.1 Å². The van der Waals surface area contributed by atoms with E-state index in [1.807, 2.05) is 24.0 Å². The van der Waals surface area contributed by atoms with E-state index in [4.69, 9.17) is 0 Å². The van der Waals surface area contributed by atoms with Gasteiger partial charge in [-0.3, -0.25) is 14.5 Å². The maximum absolute atomic E-state index is 12.8. The minimum atomic E-state index is -0.111. The van der Waals surface area contributed by atoms with Crippen molar-refractivity contribution in [2.45, 2.75) is 36.5 Å². The topological polar surface area (TPSA) is 72.9 Å². The van der Waals surface area contributed by atoms with E-state index in [1.54, 1.807) is 6.07 Å². The van der Waals surface area contributed by atoms with E-state index < -0.39 is 0 Å². The second-order valence-corrected chi connectivity index (χ2v) is 7.92. The number of aliphatic hydroxyl groups is 1. The normalized spacial score (nSPS) is 22.3. The van der Waals surface area contributed by atoms with Gasteiger partial charge in [0.05, 0.1) is 17.5 Å². The summed E-state index contributed by atoms with van der Waals surface area (Å²) in [5.41, 5.74) is 1.33. The fourth-order valence-corrected chi connectivity index (χ4v) is 4.25. The van der Waals surface area contributed by atoms with Crippen LogP contribution >= 0.6 is 11.8 Å². The molecule has 0 unspecified atom stereocenters. The number of aliphatic hydroxyl groups excluding tert-OH is 1. The van der Waals surface area contributed by atoms with Crippen molar-refractivity contribution in [2.24, 2.45) is 0 Å². The zero-order valence-corrected chi connectivity index (χ0v) is 15.5. The summed E-state index contributed by atoms with van der Waals surface area (Å²) in [6, 6.07) is 5.71. The summed E-state index contributed by atoms with van der Waals surface area (Å²) in [5.74, 6) is -0.0253. The molecule has 1 saturated heterocycles. The van der Waals surface area contributed by atoms with Crippen LogP contribution in [0, 0.1) is 0 Å². The number of hydrogen-bond donors (Lipinski definition) is 2. The average molecular weight is 363 g/mol. The highest BCUT2D eigenvalue weighted by Crippen LogP contribution is 2.36. The molecule has 0 spiro atoms. The minimum absolute atomic E-state index is 0.00244. The molecule has 0 radical (unpaired) electrons. The van der Waals surface area contributed by atoms with E-state index in [0.29, 0.717) is 18.7 Å². The Bertz CT molecular complexity index is 655. The lowest BCUT2D eigenvalue weighted by atomic mass is 10.1. The number of thioether (sulfide) groups is 1. The van der Waals surface area contributed by atoms with Crippen LogP contribution < -0.4 is 5.32 Å². The molecule has 2 N–H and O–H groups in total. The van der Waals surface area contributed by atoms with E-state index in [-0.39, 0.29) is 29.7 Å². The van der Waals surface area contributed by atoms with Crippen molar-refractivity contribution in [1.82, 2.24) is 9.80 Å². The van der Waals surface area contributed by atoms with E-state index in [9.17, 15) is 14.7 Å². The predicted octanol–water partition coefficient (Wildman–Crippen LogP) is 1.65. The highest BCUT2D eigenvalue weighted by Gasteiger charge is 2.27. The zero-order valence-electron chi connectivity index (χ0n) is 14.7. The number of nitrogens with one attached hydrogen (secondary N) is 1. The van der Waals surface area contributed by atoms with E-state index in [2.05, 4.69) is 17.1 Å². The molecule has 2 aliphatic heterocycles. The van der Waals surface area contributed by atoms with Crippen LogP contribution in [0.25, 0.3) is 0 Å². The molecule has 0 aromatic heterocycles. The molecule has 1 aromatic rings. The van der Waals surface area contributed by atoms with Crippen LogP contribution in [0.2, 0.25) is 0 Å². The van der Waals surface area contributed by atoms with Gasteiger partial charge in [0.2, 0.25) is 5.91 Å². The molecule has 0 saturated carbocycles. The quantitative estimate of drug-likeness (QED) is 0.851. The monoisotopic (exact) mass is 363 g/mol. The van der Waals surface area contributed by atoms with Crippen molar-refractivity contribution in [2.75, 3.05) is 38.1 Å². The van der Waals surface area contributed by atoms with E-state index in [0.717, 1.165) is 30.1 Å². The summed E-state index contributed by atoms with van der Waals surface area (Å²) in [5, 5.41) is 12.2. The Morgan fingerprint density at radius 2 is 2.08 bits per heavy atom. The Hall–Kier alpha value is -1.57. The standard InChI is InChI=1S/C18H25N3O3S/c1-3-14(11-22)20-6-8-21(9-7-20)18(24)13-4-5-16-15(10-13)19-17(23)12(2)25-16/h4-5,10,12,14,22H,3,6-9,11H2,1-2H3,(H,19,23)/t12-,14-/m1/s1. The fourth-order valence-electron chi connectivity index (χ4n) is 3.32. The van der Waals surface area contributed by atoms with Gasteiger partial charge in [0.25, 0.3) is 5.91 Å². The molecule has 1 fully saturated rings. The first-order valence-corrected chi connectivity index (χ1v) is 9.67. The molecule has 2 atom stereocenters. The molecule has 25 heavy (non-hydrogen) atoms. The Balaban J connectivity index is 1.66. The number of carbonyl (C=O) groups excluding carboxylic acids is 2. The first-order chi connectivity index (χ1) is 12.0. The summed E-state index contributed by atoms with van der Waals surface area (Å²) in [4.78, 5) is 29.7. The molecular formula is C18H25N3O3S. The second kappa shape index (κ2) is 7.76. The highest BCUT2D eigenvalue weighted by atomic mass is 32.2. The van der Waals surface area contributed by atoms with Crippen LogP contribution in [0.5, 0.6) is 0 Å². The Labute approximate surface area is 152 Å². The van der Waals surface area contributed by atoms with Crippen molar-refractivity contribution in [1.29, 1.82) is 0 Å². The van der Waals surface area contributed by atoms with Gasteiger partial charge in [0, 0.05) is 42.7 Å². The average Bonchev–Trinajstić information content (AvgIpc) is 2.63. The van der Waals surface area contributed by atoms with Crippen LogP contribution in [0.1, 0.15) is 30.6 Å².